The molecule has 0 aliphatic carbocycles. The monoisotopic (exact) mass is 342 g/mol. The van der Waals surface area contributed by atoms with Crippen LogP contribution < -0.4 is 10.6 Å². The highest BCUT2D eigenvalue weighted by Crippen LogP contribution is 2.43. The topological polar surface area (TPSA) is 95.5 Å². The molecular weight excluding hydrogens is 320 g/mol. The zero-order chi connectivity index (χ0) is 18.0. The molecule has 0 bridgehead atoms. The van der Waals surface area contributed by atoms with E-state index in [0.29, 0.717) is 12.8 Å². The lowest BCUT2D eigenvalue weighted by Crippen LogP contribution is -2.56. The maximum Gasteiger partial charge on any atom is 0.324 e. The summed E-state index contributed by atoms with van der Waals surface area (Å²) >= 11 is 0. The lowest BCUT2D eigenvalue weighted by molar-refractivity contribution is -0.149. The van der Waals surface area contributed by atoms with Crippen LogP contribution in [0.1, 0.15) is 31.7 Å². The quantitative estimate of drug-likeness (QED) is 0.682. The van der Waals surface area contributed by atoms with Gasteiger partial charge in [-0.2, -0.15) is 0 Å². The van der Waals surface area contributed by atoms with Crippen LogP contribution in [0.15, 0.2) is 36.4 Å². The summed E-state index contributed by atoms with van der Waals surface area (Å²) in [6.07, 6.45) is 5.44. The van der Waals surface area contributed by atoms with Gasteiger partial charge in [0.1, 0.15) is 5.54 Å². The van der Waals surface area contributed by atoms with E-state index in [-0.39, 0.29) is 0 Å². The van der Waals surface area contributed by atoms with E-state index in [0.717, 1.165) is 12.0 Å². The van der Waals surface area contributed by atoms with Crippen molar-refractivity contribution in [2.24, 2.45) is 11.8 Å². The van der Waals surface area contributed by atoms with Gasteiger partial charge in [-0.15, -0.1) is 0 Å². The predicted octanol–water partition coefficient (Wildman–Crippen LogP) is 1.57. The first-order valence-electron chi connectivity index (χ1n) is 8.58. The van der Waals surface area contributed by atoms with Crippen LogP contribution in [0.2, 0.25) is 0 Å². The Hall–Kier alpha value is -2.47. The number of carboxylic acids is 1. The first kappa shape index (κ1) is 17.4. The van der Waals surface area contributed by atoms with Crippen LogP contribution in [0.5, 0.6) is 0 Å². The van der Waals surface area contributed by atoms with Crippen LogP contribution in [0.4, 0.5) is 0 Å². The number of carboxylic acid groups (broad SMARTS) is 1. The van der Waals surface area contributed by atoms with Crippen molar-refractivity contribution in [1.82, 2.24) is 10.6 Å². The molecule has 2 aliphatic rings. The Morgan fingerprint density at radius 1 is 1.24 bits per heavy atom. The van der Waals surface area contributed by atoms with Gasteiger partial charge in [-0.3, -0.25) is 25.0 Å². The first-order chi connectivity index (χ1) is 12.0. The largest absolute Gasteiger partial charge is 0.480 e. The van der Waals surface area contributed by atoms with E-state index in [4.69, 9.17) is 0 Å². The Labute approximate surface area is 146 Å². The summed E-state index contributed by atoms with van der Waals surface area (Å²) in [6, 6.07) is 9.06. The number of imide groups is 1. The van der Waals surface area contributed by atoms with Crippen LogP contribution in [-0.4, -0.2) is 34.5 Å². The smallest absolute Gasteiger partial charge is 0.324 e. The second-order valence-electron chi connectivity index (χ2n) is 6.68. The number of unbranched alkanes of at least 4 members (excludes halogenated alkanes) is 1. The van der Waals surface area contributed by atoms with Crippen molar-refractivity contribution in [1.29, 1.82) is 0 Å². The Bertz CT molecular complexity index is 715. The molecule has 2 amide bonds. The highest BCUT2D eigenvalue weighted by molar-refractivity contribution is 6.09. The van der Waals surface area contributed by atoms with Crippen molar-refractivity contribution >= 4 is 23.9 Å². The molecule has 0 saturated carbocycles. The molecule has 2 heterocycles. The third-order valence-electron chi connectivity index (χ3n) is 5.13. The van der Waals surface area contributed by atoms with Crippen LogP contribution in [0.3, 0.4) is 0 Å². The van der Waals surface area contributed by atoms with Gasteiger partial charge in [-0.25, -0.2) is 0 Å². The summed E-state index contributed by atoms with van der Waals surface area (Å²) < 4.78 is 0. The molecule has 132 valence electrons. The van der Waals surface area contributed by atoms with Crippen LogP contribution >= 0.6 is 0 Å². The van der Waals surface area contributed by atoms with Crippen molar-refractivity contribution in [3.05, 3.63) is 42.0 Å². The molecule has 0 spiro atoms. The number of amides is 2. The predicted molar refractivity (Wildman–Crippen MR) is 92.4 cm³/mol. The third kappa shape index (κ3) is 2.98. The molecule has 1 aromatic rings. The molecule has 0 radical (unpaired) electrons. The number of hydrogen-bond acceptors (Lipinski definition) is 4. The summed E-state index contributed by atoms with van der Waals surface area (Å²) in [7, 11) is 0. The molecule has 1 aromatic carbocycles. The van der Waals surface area contributed by atoms with E-state index in [9.17, 15) is 19.5 Å². The maximum absolute atomic E-state index is 12.3. The third-order valence-corrected chi connectivity index (χ3v) is 5.13. The van der Waals surface area contributed by atoms with Gasteiger partial charge in [0.05, 0.1) is 11.8 Å². The number of carbonyl (C=O) groups excluding carboxylic acids is 2. The summed E-state index contributed by atoms with van der Waals surface area (Å²) in [5.74, 6) is -3.53. The van der Waals surface area contributed by atoms with Crippen molar-refractivity contribution in [2.45, 2.75) is 37.8 Å². The van der Waals surface area contributed by atoms with E-state index in [1.807, 2.05) is 43.3 Å². The Morgan fingerprint density at radius 3 is 2.60 bits per heavy atom. The fourth-order valence-electron chi connectivity index (χ4n) is 3.91. The summed E-state index contributed by atoms with van der Waals surface area (Å²) in [5, 5.41) is 15.3. The van der Waals surface area contributed by atoms with Crippen LogP contribution in [-0.2, 0) is 14.4 Å². The van der Waals surface area contributed by atoms with E-state index < -0.39 is 41.2 Å². The van der Waals surface area contributed by atoms with Crippen LogP contribution in [0, 0.1) is 11.8 Å². The average Bonchev–Trinajstić information content (AvgIpc) is 3.09. The second-order valence-corrected chi connectivity index (χ2v) is 6.68. The molecule has 4 atom stereocenters. The van der Waals surface area contributed by atoms with Gasteiger partial charge in [0.15, 0.2) is 0 Å². The molecule has 2 aliphatic heterocycles. The van der Waals surface area contributed by atoms with Crippen molar-refractivity contribution in [3.63, 3.8) is 0 Å². The molecule has 2 fully saturated rings. The van der Waals surface area contributed by atoms with Gasteiger partial charge < -0.3 is 5.11 Å². The van der Waals surface area contributed by atoms with E-state index in [1.165, 1.54) is 0 Å². The van der Waals surface area contributed by atoms with Gasteiger partial charge >= 0.3 is 5.97 Å². The summed E-state index contributed by atoms with van der Waals surface area (Å²) in [6.45, 7) is 1.97. The Morgan fingerprint density at radius 2 is 1.96 bits per heavy atom. The number of fused-ring (bicyclic) bond motifs is 1. The molecule has 3 rings (SSSR count). The highest BCUT2D eigenvalue weighted by Gasteiger charge is 2.65. The number of benzene rings is 1. The number of carbonyl (C=O) groups is 3. The normalized spacial score (nSPS) is 31.3. The van der Waals surface area contributed by atoms with Gasteiger partial charge in [0.2, 0.25) is 11.8 Å². The minimum absolute atomic E-state index is 0.316. The fourth-order valence-corrected chi connectivity index (χ4v) is 3.91. The average molecular weight is 342 g/mol. The van der Waals surface area contributed by atoms with Crippen molar-refractivity contribution in [2.75, 3.05) is 0 Å². The van der Waals surface area contributed by atoms with Gasteiger partial charge in [0, 0.05) is 6.04 Å². The SMILES string of the molecule is CCCCC1(C(=O)O)NC(/C=C/c2ccccc2)C2C(=O)NC(=O)C21. The fraction of sp³-hybridized carbons (Fsp3) is 0.421. The van der Waals surface area contributed by atoms with Gasteiger partial charge in [0.25, 0.3) is 0 Å². The Kier molecular flexibility index (Phi) is 4.72. The minimum atomic E-state index is -1.40. The molecule has 2 saturated heterocycles. The molecule has 4 unspecified atom stereocenters. The number of aliphatic carboxylic acids is 1. The second kappa shape index (κ2) is 6.80. The molecular formula is C19H22N2O4. The number of rotatable bonds is 6. The van der Waals surface area contributed by atoms with Gasteiger partial charge in [-0.1, -0.05) is 62.2 Å². The van der Waals surface area contributed by atoms with Gasteiger partial charge in [-0.05, 0) is 12.0 Å². The van der Waals surface area contributed by atoms with Crippen molar-refractivity contribution < 1.29 is 19.5 Å². The molecule has 25 heavy (non-hydrogen) atoms. The first-order valence-corrected chi connectivity index (χ1v) is 8.58. The zero-order valence-electron chi connectivity index (χ0n) is 14.1. The number of hydrogen-bond donors (Lipinski definition) is 3. The maximum atomic E-state index is 12.3. The van der Waals surface area contributed by atoms with Crippen LogP contribution in [0.25, 0.3) is 6.08 Å². The molecule has 0 aromatic heterocycles. The van der Waals surface area contributed by atoms with E-state index >= 15 is 0 Å². The Balaban J connectivity index is 1.95. The molecule has 3 N–H and O–H groups in total. The zero-order valence-corrected chi connectivity index (χ0v) is 14.1. The molecule has 6 nitrogen and oxygen atoms in total. The van der Waals surface area contributed by atoms with E-state index in [2.05, 4.69) is 10.6 Å². The standard InChI is InChI=1S/C19H22N2O4/c1-2-3-11-19(18(24)25)15-14(16(22)20-17(15)23)13(21-19)10-9-12-7-5-4-6-8-12/h4-10,13-15,21H,2-3,11H2,1H3,(H,24,25)(H,20,22,23)/b10-9+. The lowest BCUT2D eigenvalue weighted by Gasteiger charge is -2.29. The van der Waals surface area contributed by atoms with E-state index in [1.54, 1.807) is 6.08 Å². The summed E-state index contributed by atoms with van der Waals surface area (Å²) in [5.41, 5.74) is -0.449. The summed E-state index contributed by atoms with van der Waals surface area (Å²) in [4.78, 5) is 36.6. The minimum Gasteiger partial charge on any atom is -0.480 e. The lowest BCUT2D eigenvalue weighted by atomic mass is 9.77. The highest BCUT2D eigenvalue weighted by atomic mass is 16.4. The van der Waals surface area contributed by atoms with Crippen molar-refractivity contribution in [3.8, 4) is 0 Å². The molecule has 6 heteroatoms. The number of nitrogens with one attached hydrogen (secondary N) is 2.